The lowest BCUT2D eigenvalue weighted by molar-refractivity contribution is 0.0956. The maximum atomic E-state index is 12.1. The third-order valence-electron chi connectivity index (χ3n) is 3.54. The molecule has 1 aliphatic heterocycles. The molecule has 1 aliphatic rings. The van der Waals surface area contributed by atoms with E-state index in [0.717, 1.165) is 37.1 Å². The van der Waals surface area contributed by atoms with Gasteiger partial charge in [-0.3, -0.25) is 4.79 Å². The second-order valence-corrected chi connectivity index (χ2v) is 8.20. The van der Waals surface area contributed by atoms with E-state index < -0.39 is 6.10 Å². The fourth-order valence-electron chi connectivity index (χ4n) is 2.43. The lowest BCUT2D eigenvalue weighted by Gasteiger charge is -2.12. The first-order valence-electron chi connectivity index (χ1n) is 6.60. The molecule has 0 spiro atoms. The Labute approximate surface area is 143 Å². The molecular weight excluding hydrogens is 418 g/mol. The van der Waals surface area contributed by atoms with E-state index in [1.165, 1.54) is 11.3 Å². The standard InChI is InChI=1S/C15H13Br2NO2S/c16-11-7-12(21-14(11)17)13(19)9-4-3-8-2-1-5-18-15(20)10(8)6-9/h3-4,6-7,13,19H,1-2,5H2,(H,18,20). The molecule has 1 aromatic heterocycles. The highest BCUT2D eigenvalue weighted by atomic mass is 79.9. The van der Waals surface area contributed by atoms with Crippen LogP contribution in [0.5, 0.6) is 0 Å². The van der Waals surface area contributed by atoms with Crippen molar-refractivity contribution in [2.75, 3.05) is 6.54 Å². The Morgan fingerprint density at radius 2 is 2.10 bits per heavy atom. The zero-order valence-corrected chi connectivity index (χ0v) is 15.0. The van der Waals surface area contributed by atoms with Gasteiger partial charge in [-0.15, -0.1) is 11.3 Å². The van der Waals surface area contributed by atoms with Crippen LogP contribution < -0.4 is 5.32 Å². The summed E-state index contributed by atoms with van der Waals surface area (Å²) in [7, 11) is 0. The number of thiophene rings is 1. The van der Waals surface area contributed by atoms with E-state index in [2.05, 4.69) is 37.2 Å². The van der Waals surface area contributed by atoms with Gasteiger partial charge in [0.05, 0.1) is 3.79 Å². The van der Waals surface area contributed by atoms with Gasteiger partial charge in [-0.25, -0.2) is 0 Å². The number of carbonyl (C=O) groups is 1. The number of nitrogens with one attached hydrogen (secondary N) is 1. The number of hydrogen-bond donors (Lipinski definition) is 2. The molecule has 1 aromatic carbocycles. The molecule has 0 aliphatic carbocycles. The van der Waals surface area contributed by atoms with E-state index in [1.807, 2.05) is 24.3 Å². The number of fused-ring (bicyclic) bond motifs is 1. The van der Waals surface area contributed by atoms with Crippen LogP contribution >= 0.6 is 43.2 Å². The van der Waals surface area contributed by atoms with E-state index in [-0.39, 0.29) is 5.91 Å². The van der Waals surface area contributed by atoms with Crippen LogP contribution in [0.15, 0.2) is 32.5 Å². The number of carbonyl (C=O) groups excluding carboxylic acids is 1. The second kappa shape index (κ2) is 6.20. The number of benzene rings is 1. The number of amides is 1. The minimum absolute atomic E-state index is 0.0508. The first kappa shape index (κ1) is 15.2. The first-order chi connectivity index (χ1) is 10.1. The van der Waals surface area contributed by atoms with Gasteiger partial charge in [0.1, 0.15) is 6.10 Å². The van der Waals surface area contributed by atoms with Gasteiger partial charge in [0.15, 0.2) is 0 Å². The normalized spacial score (nSPS) is 16.0. The molecule has 2 heterocycles. The maximum absolute atomic E-state index is 12.1. The quantitative estimate of drug-likeness (QED) is 0.755. The molecule has 1 atom stereocenters. The van der Waals surface area contributed by atoms with Crippen LogP contribution in [0.3, 0.4) is 0 Å². The highest BCUT2D eigenvalue weighted by Gasteiger charge is 2.20. The number of aliphatic hydroxyl groups excluding tert-OH is 1. The van der Waals surface area contributed by atoms with E-state index in [4.69, 9.17) is 0 Å². The Morgan fingerprint density at radius 3 is 2.81 bits per heavy atom. The predicted octanol–water partition coefficient (Wildman–Crippen LogP) is 4.03. The van der Waals surface area contributed by atoms with Crippen molar-refractivity contribution in [3.63, 3.8) is 0 Å². The lowest BCUT2D eigenvalue weighted by Crippen LogP contribution is -2.22. The van der Waals surface area contributed by atoms with Crippen molar-refractivity contribution in [3.05, 3.63) is 54.1 Å². The van der Waals surface area contributed by atoms with Crippen molar-refractivity contribution in [3.8, 4) is 0 Å². The molecule has 0 saturated heterocycles. The number of halogens is 2. The highest BCUT2D eigenvalue weighted by molar-refractivity contribution is 9.13. The molecule has 1 unspecified atom stereocenters. The molecule has 2 N–H and O–H groups in total. The SMILES string of the molecule is O=C1NCCCc2ccc(C(O)c3cc(Br)c(Br)s3)cc21. The van der Waals surface area contributed by atoms with Crippen molar-refractivity contribution in [1.82, 2.24) is 5.32 Å². The van der Waals surface area contributed by atoms with Crippen molar-refractivity contribution in [2.45, 2.75) is 18.9 Å². The van der Waals surface area contributed by atoms with Crippen LogP contribution in [0.1, 0.15) is 38.9 Å². The Kier molecular flexibility index (Phi) is 4.49. The fraction of sp³-hybridized carbons (Fsp3) is 0.267. The van der Waals surface area contributed by atoms with Crippen LogP contribution in [-0.4, -0.2) is 17.6 Å². The van der Waals surface area contributed by atoms with E-state index in [9.17, 15) is 9.90 Å². The van der Waals surface area contributed by atoms with E-state index in [1.54, 1.807) is 0 Å². The molecule has 2 aromatic rings. The van der Waals surface area contributed by atoms with Gasteiger partial charge in [-0.2, -0.15) is 0 Å². The van der Waals surface area contributed by atoms with Gasteiger partial charge in [-0.05, 0) is 68.0 Å². The molecule has 1 amide bonds. The molecule has 3 nitrogen and oxygen atoms in total. The number of aryl methyl sites for hydroxylation is 1. The summed E-state index contributed by atoms with van der Waals surface area (Å²) in [6, 6.07) is 7.56. The summed E-state index contributed by atoms with van der Waals surface area (Å²) < 4.78 is 1.87. The van der Waals surface area contributed by atoms with Crippen LogP contribution in [0.2, 0.25) is 0 Å². The third kappa shape index (κ3) is 3.08. The predicted molar refractivity (Wildman–Crippen MR) is 90.9 cm³/mol. The van der Waals surface area contributed by atoms with Crippen LogP contribution in [0, 0.1) is 0 Å². The zero-order valence-electron chi connectivity index (χ0n) is 11.0. The summed E-state index contributed by atoms with van der Waals surface area (Å²) in [4.78, 5) is 12.9. The monoisotopic (exact) mass is 429 g/mol. The number of aliphatic hydroxyl groups is 1. The summed E-state index contributed by atoms with van der Waals surface area (Å²) in [6.45, 7) is 0.705. The Bertz CT molecular complexity index is 679. The van der Waals surface area contributed by atoms with Gasteiger partial charge in [-0.1, -0.05) is 12.1 Å². The largest absolute Gasteiger partial charge is 0.383 e. The van der Waals surface area contributed by atoms with Crippen LogP contribution in [-0.2, 0) is 6.42 Å². The molecule has 0 radical (unpaired) electrons. The minimum atomic E-state index is -0.723. The van der Waals surface area contributed by atoms with Crippen molar-refractivity contribution in [1.29, 1.82) is 0 Å². The average Bonchev–Trinajstić information content (AvgIpc) is 2.70. The molecule has 6 heteroatoms. The van der Waals surface area contributed by atoms with Gasteiger partial charge in [0, 0.05) is 21.5 Å². The van der Waals surface area contributed by atoms with Crippen molar-refractivity contribution >= 4 is 49.1 Å². The van der Waals surface area contributed by atoms with Gasteiger partial charge >= 0.3 is 0 Å². The van der Waals surface area contributed by atoms with Gasteiger partial charge < -0.3 is 10.4 Å². The smallest absolute Gasteiger partial charge is 0.251 e. The minimum Gasteiger partial charge on any atom is -0.383 e. The molecule has 110 valence electrons. The van der Waals surface area contributed by atoms with E-state index in [0.29, 0.717) is 12.1 Å². The topological polar surface area (TPSA) is 49.3 Å². The van der Waals surface area contributed by atoms with E-state index >= 15 is 0 Å². The average molecular weight is 431 g/mol. The molecule has 3 rings (SSSR count). The van der Waals surface area contributed by atoms with Gasteiger partial charge in [0.2, 0.25) is 0 Å². The molecular formula is C15H13Br2NO2S. The van der Waals surface area contributed by atoms with Crippen molar-refractivity contribution < 1.29 is 9.90 Å². The Hall–Kier alpha value is -0.690. The van der Waals surface area contributed by atoms with Gasteiger partial charge in [0.25, 0.3) is 5.91 Å². The summed E-state index contributed by atoms with van der Waals surface area (Å²) in [6.07, 6.45) is 1.12. The molecule has 0 saturated carbocycles. The Balaban J connectivity index is 1.97. The fourth-order valence-corrected chi connectivity index (χ4v) is 4.54. The second-order valence-electron chi connectivity index (χ2n) is 4.95. The number of hydrogen-bond acceptors (Lipinski definition) is 3. The highest BCUT2D eigenvalue weighted by Crippen LogP contribution is 2.37. The number of rotatable bonds is 2. The maximum Gasteiger partial charge on any atom is 0.251 e. The summed E-state index contributed by atoms with van der Waals surface area (Å²) in [5, 5.41) is 13.4. The molecule has 0 fully saturated rings. The molecule has 21 heavy (non-hydrogen) atoms. The summed E-state index contributed by atoms with van der Waals surface area (Å²) >= 11 is 8.34. The van der Waals surface area contributed by atoms with Crippen LogP contribution in [0.4, 0.5) is 0 Å². The summed E-state index contributed by atoms with van der Waals surface area (Å²) in [5.74, 6) is -0.0508. The lowest BCUT2D eigenvalue weighted by atomic mass is 9.98. The first-order valence-corrected chi connectivity index (χ1v) is 9.00. The van der Waals surface area contributed by atoms with Crippen molar-refractivity contribution in [2.24, 2.45) is 0 Å². The summed E-state index contributed by atoms with van der Waals surface area (Å²) in [5.41, 5.74) is 2.47. The Morgan fingerprint density at radius 1 is 1.29 bits per heavy atom. The van der Waals surface area contributed by atoms with Crippen LogP contribution in [0.25, 0.3) is 0 Å². The zero-order chi connectivity index (χ0) is 15.0. The molecule has 0 bridgehead atoms. The third-order valence-corrected chi connectivity index (χ3v) is 6.85.